The average Bonchev–Trinajstić information content (AvgIpc) is 3.18. The third kappa shape index (κ3) is 4.98. The number of nitrogens with one attached hydrogen (secondary N) is 1. The Bertz CT molecular complexity index is 1100. The lowest BCUT2D eigenvalue weighted by atomic mass is 9.87. The normalized spacial score (nSPS) is 19.9. The van der Waals surface area contributed by atoms with Crippen LogP contribution in [0.15, 0.2) is 53.6 Å². The number of hydrogen-bond acceptors (Lipinski definition) is 4. The highest BCUT2D eigenvalue weighted by molar-refractivity contribution is 7.92. The molecule has 0 radical (unpaired) electrons. The first-order valence-electron chi connectivity index (χ1n) is 10.9. The van der Waals surface area contributed by atoms with Crippen molar-refractivity contribution >= 4 is 27.3 Å². The van der Waals surface area contributed by atoms with E-state index in [-0.39, 0.29) is 17.9 Å². The van der Waals surface area contributed by atoms with E-state index in [2.05, 4.69) is 23.8 Å². The monoisotopic (exact) mass is 439 g/mol. The smallest absolute Gasteiger partial charge is 0.246 e. The third-order valence-corrected chi connectivity index (χ3v) is 6.74. The quantitative estimate of drug-likeness (QED) is 0.738. The van der Waals surface area contributed by atoms with Crippen molar-refractivity contribution in [2.45, 2.75) is 51.5 Å². The standard InChI is InChI=1S/C24H29N3O3S/c1-17-9-6-7-14-21(17)23-16-22(19-12-8-13-20(15-19)26-31(2,29)30)25-27(23)24(28)18-10-4-3-5-11-18/h6-9,12-15,18,23,26H,3-5,10-11,16H2,1-2H3. The van der Waals surface area contributed by atoms with E-state index in [1.807, 2.05) is 18.2 Å². The van der Waals surface area contributed by atoms with Crippen LogP contribution in [0.25, 0.3) is 0 Å². The van der Waals surface area contributed by atoms with Crippen LogP contribution in [-0.2, 0) is 14.8 Å². The van der Waals surface area contributed by atoms with Crippen LogP contribution in [-0.4, -0.2) is 31.3 Å². The van der Waals surface area contributed by atoms with Gasteiger partial charge in [-0.05, 0) is 48.6 Å². The van der Waals surface area contributed by atoms with Crippen LogP contribution in [0.4, 0.5) is 5.69 Å². The van der Waals surface area contributed by atoms with Gasteiger partial charge in [-0.15, -0.1) is 0 Å². The molecule has 6 nitrogen and oxygen atoms in total. The third-order valence-electron chi connectivity index (χ3n) is 6.14. The Hall–Kier alpha value is -2.67. The number of sulfonamides is 1. The zero-order chi connectivity index (χ0) is 22.0. The number of hydrogen-bond donors (Lipinski definition) is 1. The molecule has 1 fully saturated rings. The largest absolute Gasteiger partial charge is 0.284 e. The van der Waals surface area contributed by atoms with Crippen molar-refractivity contribution in [3.05, 3.63) is 65.2 Å². The molecule has 164 valence electrons. The van der Waals surface area contributed by atoms with Crippen molar-refractivity contribution in [1.29, 1.82) is 0 Å². The lowest BCUT2D eigenvalue weighted by Gasteiger charge is -2.29. The number of rotatable bonds is 5. The molecule has 31 heavy (non-hydrogen) atoms. The number of aryl methyl sites for hydroxylation is 1. The van der Waals surface area contributed by atoms with Crippen LogP contribution >= 0.6 is 0 Å². The first kappa shape index (κ1) is 21.6. The Morgan fingerprint density at radius 3 is 2.52 bits per heavy atom. The van der Waals surface area contributed by atoms with Gasteiger partial charge in [0.2, 0.25) is 15.9 Å². The summed E-state index contributed by atoms with van der Waals surface area (Å²) in [4.78, 5) is 13.5. The van der Waals surface area contributed by atoms with Crippen molar-refractivity contribution in [2.75, 3.05) is 11.0 Å². The van der Waals surface area contributed by atoms with Gasteiger partial charge in [0.05, 0.1) is 18.0 Å². The van der Waals surface area contributed by atoms with Gasteiger partial charge >= 0.3 is 0 Å². The van der Waals surface area contributed by atoms with Gasteiger partial charge < -0.3 is 0 Å². The van der Waals surface area contributed by atoms with E-state index in [4.69, 9.17) is 5.10 Å². The lowest BCUT2D eigenvalue weighted by molar-refractivity contribution is -0.138. The van der Waals surface area contributed by atoms with Crippen molar-refractivity contribution < 1.29 is 13.2 Å². The summed E-state index contributed by atoms with van der Waals surface area (Å²) in [6, 6.07) is 15.2. The zero-order valence-electron chi connectivity index (χ0n) is 18.0. The van der Waals surface area contributed by atoms with E-state index in [0.717, 1.165) is 54.3 Å². The van der Waals surface area contributed by atoms with Gasteiger partial charge in [0.1, 0.15) is 0 Å². The fourth-order valence-corrected chi connectivity index (χ4v) is 5.16. The number of hydrazone groups is 1. The topological polar surface area (TPSA) is 78.8 Å². The minimum atomic E-state index is -3.37. The lowest BCUT2D eigenvalue weighted by Crippen LogP contribution is -2.34. The van der Waals surface area contributed by atoms with Crippen LogP contribution in [0.3, 0.4) is 0 Å². The molecule has 1 unspecified atom stereocenters. The molecular formula is C24H29N3O3S. The molecule has 0 aromatic heterocycles. The maximum Gasteiger partial charge on any atom is 0.246 e. The molecule has 1 N–H and O–H groups in total. The number of anilines is 1. The summed E-state index contributed by atoms with van der Waals surface area (Å²) in [6.07, 6.45) is 6.96. The second-order valence-corrected chi connectivity index (χ2v) is 10.3. The molecule has 2 aliphatic rings. The highest BCUT2D eigenvalue weighted by atomic mass is 32.2. The second kappa shape index (κ2) is 8.83. The van der Waals surface area contributed by atoms with Crippen molar-refractivity contribution in [3.8, 4) is 0 Å². The van der Waals surface area contributed by atoms with E-state index in [9.17, 15) is 13.2 Å². The number of carbonyl (C=O) groups excluding carboxylic acids is 1. The molecule has 1 amide bonds. The van der Waals surface area contributed by atoms with Crippen molar-refractivity contribution in [1.82, 2.24) is 5.01 Å². The number of carbonyl (C=O) groups is 1. The molecule has 0 saturated heterocycles. The summed E-state index contributed by atoms with van der Waals surface area (Å²) < 4.78 is 25.8. The summed E-state index contributed by atoms with van der Waals surface area (Å²) >= 11 is 0. The van der Waals surface area contributed by atoms with E-state index < -0.39 is 10.0 Å². The molecule has 2 aromatic rings. The van der Waals surface area contributed by atoms with E-state index >= 15 is 0 Å². The fraction of sp³-hybridized carbons (Fsp3) is 0.417. The van der Waals surface area contributed by atoms with Gasteiger partial charge in [-0.25, -0.2) is 13.4 Å². The molecule has 4 rings (SSSR count). The van der Waals surface area contributed by atoms with Crippen molar-refractivity contribution in [3.63, 3.8) is 0 Å². The number of benzene rings is 2. The van der Waals surface area contributed by atoms with E-state index in [1.165, 1.54) is 6.42 Å². The zero-order valence-corrected chi connectivity index (χ0v) is 18.9. The van der Waals surface area contributed by atoms with Gasteiger partial charge in [0, 0.05) is 18.0 Å². The highest BCUT2D eigenvalue weighted by Crippen LogP contribution is 2.37. The van der Waals surface area contributed by atoms with Crippen LogP contribution in [0.5, 0.6) is 0 Å². The second-order valence-electron chi connectivity index (χ2n) is 8.60. The minimum absolute atomic E-state index is 0.0293. The number of nitrogens with zero attached hydrogens (tertiary/aromatic N) is 2. The molecule has 1 aliphatic heterocycles. The van der Waals surface area contributed by atoms with E-state index in [1.54, 1.807) is 23.2 Å². The molecular weight excluding hydrogens is 410 g/mol. The molecule has 0 spiro atoms. The molecule has 0 bridgehead atoms. The molecule has 1 heterocycles. The first-order chi connectivity index (χ1) is 14.8. The first-order valence-corrected chi connectivity index (χ1v) is 12.8. The average molecular weight is 440 g/mol. The number of amides is 1. The predicted octanol–water partition coefficient (Wildman–Crippen LogP) is 4.62. The molecule has 7 heteroatoms. The SMILES string of the molecule is Cc1ccccc1C1CC(c2cccc(NS(C)(=O)=O)c2)=NN1C(=O)C1CCCCC1. The highest BCUT2D eigenvalue weighted by Gasteiger charge is 2.37. The maximum absolute atomic E-state index is 13.5. The van der Waals surface area contributed by atoms with Crippen LogP contribution < -0.4 is 4.72 Å². The van der Waals surface area contributed by atoms with Crippen molar-refractivity contribution in [2.24, 2.45) is 11.0 Å². The summed E-state index contributed by atoms with van der Waals surface area (Å²) in [6.45, 7) is 2.06. The van der Waals surface area contributed by atoms with E-state index in [0.29, 0.717) is 12.1 Å². The minimum Gasteiger partial charge on any atom is -0.284 e. The Labute approximate surface area is 184 Å². The van der Waals surface area contributed by atoms with Crippen LogP contribution in [0.1, 0.15) is 61.3 Å². The molecule has 1 atom stereocenters. The van der Waals surface area contributed by atoms with Gasteiger partial charge in [-0.1, -0.05) is 55.7 Å². The van der Waals surface area contributed by atoms with Crippen LogP contribution in [0.2, 0.25) is 0 Å². The molecule has 2 aromatic carbocycles. The Kier molecular flexibility index (Phi) is 6.14. The van der Waals surface area contributed by atoms with Crippen LogP contribution in [0, 0.1) is 12.8 Å². The Morgan fingerprint density at radius 2 is 1.81 bits per heavy atom. The summed E-state index contributed by atoms with van der Waals surface area (Å²) in [5, 5.41) is 6.49. The van der Waals surface area contributed by atoms with Gasteiger partial charge in [0.25, 0.3) is 0 Å². The van der Waals surface area contributed by atoms with Gasteiger partial charge in [-0.3, -0.25) is 9.52 Å². The fourth-order valence-electron chi connectivity index (χ4n) is 4.60. The molecule has 1 aliphatic carbocycles. The van der Waals surface area contributed by atoms with Gasteiger partial charge in [-0.2, -0.15) is 5.10 Å². The van der Waals surface area contributed by atoms with Gasteiger partial charge in [0.15, 0.2) is 0 Å². The Morgan fingerprint density at radius 1 is 1.06 bits per heavy atom. The summed E-state index contributed by atoms with van der Waals surface area (Å²) in [5.74, 6) is 0.134. The predicted molar refractivity (Wildman–Crippen MR) is 123 cm³/mol. The molecule has 1 saturated carbocycles. The summed E-state index contributed by atoms with van der Waals surface area (Å²) in [5.41, 5.74) is 4.36. The Balaban J connectivity index is 1.68. The maximum atomic E-state index is 13.5. The summed E-state index contributed by atoms with van der Waals surface area (Å²) in [7, 11) is -3.37.